The lowest BCUT2D eigenvalue weighted by molar-refractivity contribution is 0.0434. The first-order valence-corrected chi connectivity index (χ1v) is 10.1. The molecule has 0 spiro atoms. The fraction of sp³-hybridized carbons (Fsp3) is 0.238. The minimum atomic E-state index is -0.560. The molecule has 9 heteroatoms. The predicted molar refractivity (Wildman–Crippen MR) is 110 cm³/mol. The van der Waals surface area contributed by atoms with Crippen LogP contribution in [0.2, 0.25) is 0 Å². The highest BCUT2D eigenvalue weighted by atomic mass is 32.1. The lowest BCUT2D eigenvalue weighted by Gasteiger charge is -2.10. The Morgan fingerprint density at radius 2 is 2.07 bits per heavy atom. The van der Waals surface area contributed by atoms with Crippen molar-refractivity contribution in [1.29, 1.82) is 0 Å². The van der Waals surface area contributed by atoms with E-state index in [1.54, 1.807) is 16.9 Å². The summed E-state index contributed by atoms with van der Waals surface area (Å²) in [4.78, 5) is 30.4. The maximum absolute atomic E-state index is 13.0. The van der Waals surface area contributed by atoms with Gasteiger partial charge in [-0.2, -0.15) is 5.10 Å². The molecule has 0 radical (unpaired) electrons. The third kappa shape index (κ3) is 3.59. The van der Waals surface area contributed by atoms with Gasteiger partial charge >= 0.3 is 11.9 Å². The molecular formula is C21H19N3O5S. The third-order valence-electron chi connectivity index (χ3n) is 4.53. The Bertz CT molecular complexity index is 1210. The van der Waals surface area contributed by atoms with Crippen molar-refractivity contribution in [2.45, 2.75) is 26.5 Å². The van der Waals surface area contributed by atoms with Gasteiger partial charge in [0.05, 0.1) is 41.1 Å². The molecule has 0 aromatic carbocycles. The van der Waals surface area contributed by atoms with Gasteiger partial charge in [0.1, 0.15) is 5.56 Å². The van der Waals surface area contributed by atoms with Crippen molar-refractivity contribution >= 4 is 34.3 Å². The second-order valence-corrected chi connectivity index (χ2v) is 7.73. The lowest BCUT2D eigenvalue weighted by Crippen LogP contribution is -2.10. The number of nitrogens with zero attached hydrogens (tertiary/aromatic N) is 3. The smallest absolute Gasteiger partial charge is 0.341 e. The number of fused-ring (bicyclic) bond motifs is 1. The molecule has 0 unspecified atom stereocenters. The summed E-state index contributed by atoms with van der Waals surface area (Å²) in [6.07, 6.45) is 2.96. The molecule has 4 aromatic rings. The third-order valence-corrected chi connectivity index (χ3v) is 5.43. The van der Waals surface area contributed by atoms with Crippen LogP contribution in [0.5, 0.6) is 0 Å². The van der Waals surface area contributed by atoms with Crippen LogP contribution in [0.3, 0.4) is 0 Å². The number of furan rings is 1. The highest BCUT2D eigenvalue weighted by molar-refractivity contribution is 7.13. The molecule has 0 N–H and O–H groups in total. The Hall–Kier alpha value is -3.46. The zero-order valence-corrected chi connectivity index (χ0v) is 17.4. The van der Waals surface area contributed by atoms with Crippen molar-refractivity contribution in [3.8, 4) is 10.6 Å². The van der Waals surface area contributed by atoms with Crippen LogP contribution >= 0.6 is 11.3 Å². The Balaban J connectivity index is 1.70. The summed E-state index contributed by atoms with van der Waals surface area (Å²) in [5, 5.41) is 6.94. The van der Waals surface area contributed by atoms with Gasteiger partial charge in [-0.15, -0.1) is 11.3 Å². The summed E-state index contributed by atoms with van der Waals surface area (Å²) in [6, 6.07) is 7.11. The van der Waals surface area contributed by atoms with Crippen LogP contribution in [0.25, 0.3) is 21.6 Å². The average molecular weight is 425 g/mol. The molecule has 0 atom stereocenters. The van der Waals surface area contributed by atoms with E-state index in [2.05, 4.69) is 5.10 Å². The number of carbonyl (C=O) groups excluding carboxylic acids is 2. The van der Waals surface area contributed by atoms with E-state index < -0.39 is 11.9 Å². The van der Waals surface area contributed by atoms with E-state index >= 15 is 0 Å². The van der Waals surface area contributed by atoms with Crippen molar-refractivity contribution in [3.63, 3.8) is 0 Å². The number of rotatable bonds is 6. The number of pyridine rings is 1. The van der Waals surface area contributed by atoms with Gasteiger partial charge in [-0.1, -0.05) is 6.07 Å². The van der Waals surface area contributed by atoms with Crippen LogP contribution < -0.4 is 0 Å². The van der Waals surface area contributed by atoms with Gasteiger partial charge in [-0.25, -0.2) is 19.3 Å². The van der Waals surface area contributed by atoms with Gasteiger partial charge in [0.15, 0.2) is 18.0 Å². The van der Waals surface area contributed by atoms with Crippen LogP contribution in [-0.2, 0) is 16.1 Å². The summed E-state index contributed by atoms with van der Waals surface area (Å²) in [6.45, 7) is 3.79. The maximum Gasteiger partial charge on any atom is 0.341 e. The van der Waals surface area contributed by atoms with Crippen molar-refractivity contribution < 1.29 is 23.5 Å². The van der Waals surface area contributed by atoms with E-state index in [1.807, 2.05) is 31.4 Å². The maximum atomic E-state index is 13.0. The fourth-order valence-corrected chi connectivity index (χ4v) is 3.75. The molecule has 0 fully saturated rings. The molecule has 30 heavy (non-hydrogen) atoms. The number of hydrogen-bond donors (Lipinski definition) is 0. The highest BCUT2D eigenvalue weighted by Crippen LogP contribution is 2.29. The number of thiophene rings is 1. The highest BCUT2D eigenvalue weighted by Gasteiger charge is 2.22. The number of esters is 2. The lowest BCUT2D eigenvalue weighted by atomic mass is 10.1. The van der Waals surface area contributed by atoms with Crippen LogP contribution in [0, 0.1) is 0 Å². The topological polar surface area (TPSA) is 96.5 Å². The minimum absolute atomic E-state index is 0.0724. The second kappa shape index (κ2) is 8.11. The summed E-state index contributed by atoms with van der Waals surface area (Å²) in [7, 11) is 1.28. The van der Waals surface area contributed by atoms with Gasteiger partial charge in [0, 0.05) is 6.04 Å². The van der Waals surface area contributed by atoms with E-state index in [1.165, 1.54) is 30.8 Å². The summed E-state index contributed by atoms with van der Waals surface area (Å²) < 4.78 is 17.2. The fourth-order valence-electron chi connectivity index (χ4n) is 3.07. The number of ether oxygens (including phenoxy) is 2. The van der Waals surface area contributed by atoms with Crippen molar-refractivity contribution in [3.05, 3.63) is 59.0 Å². The number of hydrogen-bond acceptors (Lipinski definition) is 8. The molecule has 0 bridgehead atoms. The van der Waals surface area contributed by atoms with Gasteiger partial charge < -0.3 is 13.9 Å². The molecule has 8 nitrogen and oxygen atoms in total. The first-order valence-electron chi connectivity index (χ1n) is 9.23. The zero-order chi connectivity index (χ0) is 21.3. The van der Waals surface area contributed by atoms with Gasteiger partial charge in [0.2, 0.25) is 0 Å². The Morgan fingerprint density at radius 3 is 2.77 bits per heavy atom. The molecule has 4 aromatic heterocycles. The SMILES string of the molecule is COC(=O)c1ccoc1COC(=O)c1cc(-c2cccs2)nc2c1cnn2C(C)C. The number of aromatic nitrogens is 3. The van der Waals surface area contributed by atoms with Gasteiger partial charge in [0.25, 0.3) is 0 Å². The van der Waals surface area contributed by atoms with E-state index in [4.69, 9.17) is 18.9 Å². The van der Waals surface area contributed by atoms with Crippen LogP contribution in [0.4, 0.5) is 0 Å². The minimum Gasteiger partial charge on any atom is -0.465 e. The van der Waals surface area contributed by atoms with E-state index in [9.17, 15) is 9.59 Å². The summed E-state index contributed by atoms with van der Waals surface area (Å²) >= 11 is 1.53. The van der Waals surface area contributed by atoms with Crippen LogP contribution in [0.1, 0.15) is 46.4 Å². The molecule has 154 valence electrons. The van der Waals surface area contributed by atoms with Crippen molar-refractivity contribution in [2.75, 3.05) is 7.11 Å². The van der Waals surface area contributed by atoms with E-state index in [0.29, 0.717) is 22.3 Å². The van der Waals surface area contributed by atoms with Gasteiger partial charge in [-0.3, -0.25) is 0 Å². The Labute approximate surface area is 176 Å². The quantitative estimate of drug-likeness (QED) is 0.420. The standard InChI is InChI=1S/C21H19N3O5S/c1-12(2)24-19-15(10-22-24)14(9-16(23-19)18-5-4-8-30-18)21(26)29-11-17-13(6-7-28-17)20(25)27-3/h4-10,12H,11H2,1-3H3. The molecule has 4 rings (SSSR count). The first-order chi connectivity index (χ1) is 14.5. The van der Waals surface area contributed by atoms with Crippen molar-refractivity contribution in [2.24, 2.45) is 0 Å². The molecule has 4 heterocycles. The van der Waals surface area contributed by atoms with Crippen molar-refractivity contribution in [1.82, 2.24) is 14.8 Å². The molecule has 0 amide bonds. The second-order valence-electron chi connectivity index (χ2n) is 6.78. The molecule has 0 saturated carbocycles. The zero-order valence-electron chi connectivity index (χ0n) is 16.6. The molecule has 0 aliphatic rings. The summed E-state index contributed by atoms with van der Waals surface area (Å²) in [5.41, 5.74) is 1.84. The number of methoxy groups -OCH3 is 1. The van der Waals surface area contributed by atoms with E-state index in [-0.39, 0.29) is 24.0 Å². The van der Waals surface area contributed by atoms with Gasteiger partial charge in [-0.05, 0) is 37.4 Å². The largest absolute Gasteiger partial charge is 0.465 e. The summed E-state index contributed by atoms with van der Waals surface area (Å²) in [5.74, 6) is -0.896. The number of carbonyl (C=O) groups is 2. The van der Waals surface area contributed by atoms with Crippen LogP contribution in [-0.4, -0.2) is 33.8 Å². The average Bonchev–Trinajstić information content (AvgIpc) is 3.50. The Morgan fingerprint density at radius 1 is 1.23 bits per heavy atom. The Kier molecular flexibility index (Phi) is 5.37. The first kappa shape index (κ1) is 19.8. The predicted octanol–water partition coefficient (Wildman–Crippen LogP) is 4.48. The van der Waals surface area contributed by atoms with E-state index in [0.717, 1.165) is 4.88 Å². The molecule has 0 aliphatic heterocycles. The molecular weight excluding hydrogens is 406 g/mol. The normalized spacial score (nSPS) is 11.2. The van der Waals surface area contributed by atoms with Crippen LogP contribution in [0.15, 0.2) is 46.5 Å². The molecule has 0 saturated heterocycles. The molecule has 0 aliphatic carbocycles. The monoisotopic (exact) mass is 425 g/mol.